The largest absolute Gasteiger partial charge is 0.311 e. The van der Waals surface area contributed by atoms with Gasteiger partial charge in [-0.1, -0.05) is 23.5 Å². The molecule has 0 aliphatic rings. The van der Waals surface area contributed by atoms with Crippen LogP contribution in [0.3, 0.4) is 0 Å². The number of benzene rings is 1. The predicted molar refractivity (Wildman–Crippen MR) is 66.6 cm³/mol. The van der Waals surface area contributed by atoms with Gasteiger partial charge in [-0.2, -0.15) is 0 Å². The Morgan fingerprint density at radius 2 is 2.24 bits per heavy atom. The maximum Gasteiger partial charge on any atom is 0.134 e. The maximum absolute atomic E-state index is 13.0. The Balaban J connectivity index is 2.11. The summed E-state index contributed by atoms with van der Waals surface area (Å²) in [6, 6.07) is 6.78. The highest BCUT2D eigenvalue weighted by molar-refractivity contribution is 7.11. The molecule has 0 saturated heterocycles. The smallest absolute Gasteiger partial charge is 0.134 e. The van der Waals surface area contributed by atoms with E-state index < -0.39 is 0 Å². The molecule has 0 spiro atoms. The molecular formula is C12H14FN3S. The van der Waals surface area contributed by atoms with E-state index in [0.717, 1.165) is 15.6 Å². The topological polar surface area (TPSA) is 37.8 Å². The molecule has 0 bridgehead atoms. The molecule has 3 nitrogen and oxygen atoms in total. The van der Waals surface area contributed by atoms with E-state index in [4.69, 9.17) is 0 Å². The van der Waals surface area contributed by atoms with E-state index in [0.29, 0.717) is 6.42 Å². The van der Waals surface area contributed by atoms with Crippen LogP contribution < -0.4 is 5.32 Å². The van der Waals surface area contributed by atoms with Crippen LogP contribution in [0.1, 0.15) is 28.5 Å². The lowest BCUT2D eigenvalue weighted by Crippen LogP contribution is -2.11. The molecule has 0 radical (unpaired) electrons. The molecule has 1 aromatic carbocycles. The predicted octanol–water partition coefficient (Wildman–Crippen LogP) is 2.55. The van der Waals surface area contributed by atoms with Crippen molar-refractivity contribution < 1.29 is 4.39 Å². The minimum Gasteiger partial charge on any atom is -0.311 e. The zero-order valence-corrected chi connectivity index (χ0v) is 10.6. The Morgan fingerprint density at radius 3 is 2.94 bits per heavy atom. The Bertz CT molecular complexity index is 498. The zero-order chi connectivity index (χ0) is 12.3. The summed E-state index contributed by atoms with van der Waals surface area (Å²) >= 11 is 1.56. The van der Waals surface area contributed by atoms with E-state index in [1.165, 1.54) is 12.1 Å². The molecule has 0 aliphatic heterocycles. The van der Waals surface area contributed by atoms with Crippen LogP contribution in [0.5, 0.6) is 0 Å². The number of nitrogens with zero attached hydrogens (tertiary/aromatic N) is 2. The highest BCUT2D eigenvalue weighted by atomic mass is 32.1. The number of halogens is 1. The van der Waals surface area contributed by atoms with E-state index >= 15 is 0 Å². The SMILES string of the molecule is CNC(C)c1nnc(Cc2cccc(F)c2)s1. The van der Waals surface area contributed by atoms with Gasteiger partial charge >= 0.3 is 0 Å². The van der Waals surface area contributed by atoms with Crippen LogP contribution in [0, 0.1) is 5.82 Å². The molecule has 1 unspecified atom stereocenters. The van der Waals surface area contributed by atoms with Crippen molar-refractivity contribution in [1.82, 2.24) is 15.5 Å². The van der Waals surface area contributed by atoms with E-state index in [1.807, 2.05) is 20.0 Å². The molecule has 1 heterocycles. The van der Waals surface area contributed by atoms with Crippen molar-refractivity contribution in [3.05, 3.63) is 45.7 Å². The molecule has 0 saturated carbocycles. The van der Waals surface area contributed by atoms with Gasteiger partial charge in [-0.15, -0.1) is 10.2 Å². The second-order valence-corrected chi connectivity index (χ2v) is 4.94. The van der Waals surface area contributed by atoms with Crippen LogP contribution >= 0.6 is 11.3 Å². The Morgan fingerprint density at radius 1 is 1.41 bits per heavy atom. The van der Waals surface area contributed by atoms with E-state index in [2.05, 4.69) is 15.5 Å². The maximum atomic E-state index is 13.0. The van der Waals surface area contributed by atoms with Crippen LogP contribution in [0.25, 0.3) is 0 Å². The molecule has 1 aromatic heterocycles. The summed E-state index contributed by atoms with van der Waals surface area (Å²) in [5.41, 5.74) is 0.921. The quantitative estimate of drug-likeness (QED) is 0.907. The lowest BCUT2D eigenvalue weighted by atomic mass is 10.1. The van der Waals surface area contributed by atoms with Crippen LogP contribution in [0.4, 0.5) is 4.39 Å². The van der Waals surface area contributed by atoms with Gasteiger partial charge in [-0.3, -0.25) is 0 Å². The van der Waals surface area contributed by atoms with Gasteiger partial charge in [0.05, 0.1) is 6.04 Å². The van der Waals surface area contributed by atoms with Gasteiger partial charge in [0.2, 0.25) is 0 Å². The van der Waals surface area contributed by atoms with Gasteiger partial charge in [0.1, 0.15) is 15.8 Å². The zero-order valence-electron chi connectivity index (χ0n) is 9.77. The first kappa shape index (κ1) is 12.1. The average molecular weight is 251 g/mol. The standard InChI is InChI=1S/C12H14FN3S/c1-8(14-2)12-16-15-11(17-12)7-9-4-3-5-10(13)6-9/h3-6,8,14H,7H2,1-2H3. The molecule has 0 aliphatic carbocycles. The summed E-state index contributed by atoms with van der Waals surface area (Å²) in [5.74, 6) is -0.212. The number of aromatic nitrogens is 2. The van der Waals surface area contributed by atoms with Crippen molar-refractivity contribution in [3.63, 3.8) is 0 Å². The van der Waals surface area contributed by atoms with Crippen LogP contribution in [-0.2, 0) is 6.42 Å². The third kappa shape index (κ3) is 3.08. The third-order valence-electron chi connectivity index (χ3n) is 2.53. The second kappa shape index (κ2) is 5.33. The highest BCUT2D eigenvalue weighted by Gasteiger charge is 2.10. The first-order valence-corrected chi connectivity index (χ1v) is 6.24. The minimum absolute atomic E-state index is 0.203. The summed E-state index contributed by atoms with van der Waals surface area (Å²) in [7, 11) is 1.89. The fourth-order valence-electron chi connectivity index (χ4n) is 1.46. The van der Waals surface area contributed by atoms with Gasteiger partial charge in [-0.05, 0) is 31.7 Å². The third-order valence-corrected chi connectivity index (χ3v) is 3.64. The molecule has 5 heteroatoms. The first-order valence-electron chi connectivity index (χ1n) is 5.43. The molecule has 17 heavy (non-hydrogen) atoms. The Kier molecular flexibility index (Phi) is 3.81. The van der Waals surface area contributed by atoms with Crippen molar-refractivity contribution in [2.75, 3.05) is 7.05 Å². The van der Waals surface area contributed by atoms with Crippen molar-refractivity contribution >= 4 is 11.3 Å². The summed E-state index contributed by atoms with van der Waals surface area (Å²) in [6.07, 6.45) is 0.631. The van der Waals surface area contributed by atoms with Gasteiger partial charge in [0.15, 0.2) is 0 Å². The molecular weight excluding hydrogens is 237 g/mol. The van der Waals surface area contributed by atoms with Crippen molar-refractivity contribution in [3.8, 4) is 0 Å². The van der Waals surface area contributed by atoms with E-state index in [1.54, 1.807) is 17.4 Å². The molecule has 1 N–H and O–H groups in total. The number of nitrogens with one attached hydrogen (secondary N) is 1. The molecule has 2 aromatic rings. The fourth-order valence-corrected chi connectivity index (χ4v) is 2.40. The van der Waals surface area contributed by atoms with Crippen LogP contribution in [0.15, 0.2) is 24.3 Å². The Hall–Kier alpha value is -1.33. The van der Waals surface area contributed by atoms with Crippen molar-refractivity contribution in [2.24, 2.45) is 0 Å². The second-order valence-electron chi connectivity index (χ2n) is 3.85. The van der Waals surface area contributed by atoms with E-state index in [9.17, 15) is 4.39 Å². The average Bonchev–Trinajstić information content (AvgIpc) is 2.76. The van der Waals surface area contributed by atoms with Gasteiger partial charge in [0.25, 0.3) is 0 Å². The monoisotopic (exact) mass is 251 g/mol. The first-order chi connectivity index (χ1) is 8.19. The number of hydrogen-bond donors (Lipinski definition) is 1. The minimum atomic E-state index is -0.212. The number of rotatable bonds is 4. The van der Waals surface area contributed by atoms with Crippen LogP contribution in [-0.4, -0.2) is 17.2 Å². The molecule has 0 amide bonds. The summed E-state index contributed by atoms with van der Waals surface area (Å²) in [5, 5.41) is 13.2. The lowest BCUT2D eigenvalue weighted by molar-refractivity contribution is 0.626. The summed E-state index contributed by atoms with van der Waals surface area (Å²) in [6.45, 7) is 2.03. The molecule has 90 valence electrons. The normalized spacial score (nSPS) is 12.6. The van der Waals surface area contributed by atoms with Gasteiger partial charge in [0, 0.05) is 6.42 Å². The van der Waals surface area contributed by atoms with E-state index in [-0.39, 0.29) is 11.9 Å². The van der Waals surface area contributed by atoms with Crippen molar-refractivity contribution in [2.45, 2.75) is 19.4 Å². The van der Waals surface area contributed by atoms with Gasteiger partial charge in [-0.25, -0.2) is 4.39 Å². The van der Waals surface area contributed by atoms with Crippen LogP contribution in [0.2, 0.25) is 0 Å². The molecule has 2 rings (SSSR count). The fraction of sp³-hybridized carbons (Fsp3) is 0.333. The molecule has 0 fully saturated rings. The summed E-state index contributed by atoms with van der Waals surface area (Å²) < 4.78 is 13.0. The number of hydrogen-bond acceptors (Lipinski definition) is 4. The molecule has 1 atom stereocenters. The summed E-state index contributed by atoms with van der Waals surface area (Å²) in [4.78, 5) is 0. The van der Waals surface area contributed by atoms with Crippen molar-refractivity contribution in [1.29, 1.82) is 0 Å². The highest BCUT2D eigenvalue weighted by Crippen LogP contribution is 2.19. The van der Waals surface area contributed by atoms with Gasteiger partial charge < -0.3 is 5.32 Å². The lowest BCUT2D eigenvalue weighted by Gasteiger charge is -2.02. The Labute approximate surface area is 104 Å².